The summed E-state index contributed by atoms with van der Waals surface area (Å²) in [4.78, 5) is 11.5. The molecule has 5 heteroatoms. The van der Waals surface area contributed by atoms with Crippen LogP contribution in [0.5, 0.6) is 0 Å². The molecule has 0 atom stereocenters. The Hall–Kier alpha value is -0.320. The molecule has 72 valence electrons. The predicted octanol–water partition coefficient (Wildman–Crippen LogP) is 1.14. The van der Waals surface area contributed by atoms with E-state index in [2.05, 4.69) is 21.2 Å². The molecule has 0 radical (unpaired) electrons. The van der Waals surface area contributed by atoms with Gasteiger partial charge in [0.05, 0.1) is 4.47 Å². The summed E-state index contributed by atoms with van der Waals surface area (Å²) in [6.45, 7) is 2.44. The summed E-state index contributed by atoms with van der Waals surface area (Å²) < 4.78 is 2.45. The van der Waals surface area contributed by atoms with Crippen LogP contribution in [0.3, 0.4) is 0 Å². The van der Waals surface area contributed by atoms with Gasteiger partial charge in [0.1, 0.15) is 0 Å². The highest BCUT2D eigenvalue weighted by Crippen LogP contribution is 2.07. The van der Waals surface area contributed by atoms with Gasteiger partial charge in [0.25, 0.3) is 5.56 Å². The molecule has 13 heavy (non-hydrogen) atoms. The summed E-state index contributed by atoms with van der Waals surface area (Å²) >= 11 is 3.22. The minimum atomic E-state index is 0. The highest BCUT2D eigenvalue weighted by molar-refractivity contribution is 9.10. The summed E-state index contributed by atoms with van der Waals surface area (Å²) in [6, 6.07) is 3.78. The standard InChI is InChI=1S/C8H9BrN2O.ClH/c9-7-2-1-6-5-10-3-4-11(6)8(7)12;/h1-2,10H,3-5H2;1H. The van der Waals surface area contributed by atoms with Crippen molar-refractivity contribution in [2.75, 3.05) is 6.54 Å². The fourth-order valence-electron chi connectivity index (χ4n) is 1.40. The number of nitrogens with zero attached hydrogens (tertiary/aromatic N) is 1. The molecule has 3 nitrogen and oxygen atoms in total. The monoisotopic (exact) mass is 264 g/mol. The van der Waals surface area contributed by atoms with E-state index in [4.69, 9.17) is 0 Å². The molecule has 0 aliphatic carbocycles. The average Bonchev–Trinajstić information content (AvgIpc) is 2.12. The van der Waals surface area contributed by atoms with E-state index in [1.807, 2.05) is 6.07 Å². The third kappa shape index (κ3) is 1.95. The summed E-state index contributed by atoms with van der Waals surface area (Å²) in [6.07, 6.45) is 0. The first kappa shape index (κ1) is 10.8. The fourth-order valence-corrected chi connectivity index (χ4v) is 1.74. The Balaban J connectivity index is 0.000000845. The third-order valence-corrected chi connectivity index (χ3v) is 2.64. The highest BCUT2D eigenvalue weighted by atomic mass is 79.9. The maximum absolute atomic E-state index is 11.5. The van der Waals surface area contributed by atoms with Crippen molar-refractivity contribution in [2.24, 2.45) is 0 Å². The predicted molar refractivity (Wildman–Crippen MR) is 57.4 cm³/mol. The smallest absolute Gasteiger partial charge is 0.265 e. The summed E-state index contributed by atoms with van der Waals surface area (Å²) in [5, 5.41) is 3.21. The van der Waals surface area contributed by atoms with Crippen LogP contribution in [0.25, 0.3) is 0 Å². The van der Waals surface area contributed by atoms with Crippen molar-refractivity contribution in [3.63, 3.8) is 0 Å². The molecule has 1 aromatic heterocycles. The van der Waals surface area contributed by atoms with Gasteiger partial charge >= 0.3 is 0 Å². The molecule has 1 N–H and O–H groups in total. The first-order valence-electron chi connectivity index (χ1n) is 3.88. The second-order valence-corrected chi connectivity index (χ2v) is 3.66. The molecule has 0 unspecified atom stereocenters. The zero-order chi connectivity index (χ0) is 8.55. The zero-order valence-corrected chi connectivity index (χ0v) is 9.32. The summed E-state index contributed by atoms with van der Waals surface area (Å²) in [5.74, 6) is 0. The van der Waals surface area contributed by atoms with E-state index in [1.54, 1.807) is 10.6 Å². The number of hydrogen-bond donors (Lipinski definition) is 1. The largest absolute Gasteiger partial charge is 0.309 e. The van der Waals surface area contributed by atoms with Crippen LogP contribution in [0, 0.1) is 0 Å². The topological polar surface area (TPSA) is 34.0 Å². The molecule has 0 fully saturated rings. The number of pyridine rings is 1. The third-order valence-electron chi connectivity index (χ3n) is 2.04. The van der Waals surface area contributed by atoms with Gasteiger partial charge in [-0.3, -0.25) is 4.79 Å². The molecule has 1 aliphatic rings. The van der Waals surface area contributed by atoms with Crippen molar-refractivity contribution in [1.82, 2.24) is 9.88 Å². The number of hydrogen-bond acceptors (Lipinski definition) is 2. The van der Waals surface area contributed by atoms with E-state index in [1.165, 1.54) is 0 Å². The number of fused-ring (bicyclic) bond motifs is 1. The van der Waals surface area contributed by atoms with Crippen molar-refractivity contribution in [2.45, 2.75) is 13.1 Å². The van der Waals surface area contributed by atoms with Crippen molar-refractivity contribution in [3.8, 4) is 0 Å². The number of aromatic nitrogens is 1. The Morgan fingerprint density at radius 3 is 3.00 bits per heavy atom. The lowest BCUT2D eigenvalue weighted by Gasteiger charge is -2.18. The molecule has 0 saturated carbocycles. The SMILES string of the molecule is Cl.O=c1c(Br)ccc2n1CCNC2. The van der Waals surface area contributed by atoms with E-state index in [0.29, 0.717) is 4.47 Å². The van der Waals surface area contributed by atoms with Gasteiger partial charge in [-0.05, 0) is 28.1 Å². The van der Waals surface area contributed by atoms with Crippen LogP contribution in [-0.4, -0.2) is 11.1 Å². The van der Waals surface area contributed by atoms with E-state index in [0.717, 1.165) is 25.3 Å². The molecular formula is C8H10BrClN2O. The second-order valence-electron chi connectivity index (χ2n) is 2.81. The lowest BCUT2D eigenvalue weighted by atomic mass is 10.3. The minimum Gasteiger partial charge on any atom is -0.309 e. The molecule has 2 heterocycles. The molecule has 0 saturated heterocycles. The summed E-state index contributed by atoms with van der Waals surface area (Å²) in [7, 11) is 0. The van der Waals surface area contributed by atoms with Gasteiger partial charge in [-0.15, -0.1) is 12.4 Å². The zero-order valence-electron chi connectivity index (χ0n) is 6.92. The Kier molecular flexibility index (Phi) is 3.53. The van der Waals surface area contributed by atoms with E-state index in [-0.39, 0.29) is 18.0 Å². The average molecular weight is 266 g/mol. The molecular weight excluding hydrogens is 255 g/mol. The van der Waals surface area contributed by atoms with E-state index >= 15 is 0 Å². The fraction of sp³-hybridized carbons (Fsp3) is 0.375. The van der Waals surface area contributed by atoms with Crippen LogP contribution >= 0.6 is 28.3 Å². The highest BCUT2D eigenvalue weighted by Gasteiger charge is 2.09. The Morgan fingerprint density at radius 2 is 2.23 bits per heavy atom. The second kappa shape index (κ2) is 4.26. The first-order valence-corrected chi connectivity index (χ1v) is 4.67. The molecule has 0 bridgehead atoms. The van der Waals surface area contributed by atoms with E-state index in [9.17, 15) is 4.79 Å². The van der Waals surface area contributed by atoms with Crippen LogP contribution < -0.4 is 10.9 Å². The van der Waals surface area contributed by atoms with Crippen LogP contribution in [0.2, 0.25) is 0 Å². The van der Waals surface area contributed by atoms with Crippen LogP contribution in [0.1, 0.15) is 5.69 Å². The Bertz CT molecular complexity index is 364. The van der Waals surface area contributed by atoms with Gasteiger partial charge < -0.3 is 9.88 Å². The number of halogens is 2. The van der Waals surface area contributed by atoms with Gasteiger partial charge in [0.15, 0.2) is 0 Å². The van der Waals surface area contributed by atoms with Gasteiger partial charge in [-0.25, -0.2) is 0 Å². The van der Waals surface area contributed by atoms with Gasteiger partial charge in [0, 0.05) is 25.3 Å². The van der Waals surface area contributed by atoms with Crippen LogP contribution in [0.15, 0.2) is 21.4 Å². The van der Waals surface area contributed by atoms with E-state index < -0.39 is 0 Å². The van der Waals surface area contributed by atoms with Crippen molar-refractivity contribution in [3.05, 3.63) is 32.7 Å². The normalized spacial score (nSPS) is 14.5. The van der Waals surface area contributed by atoms with Crippen molar-refractivity contribution in [1.29, 1.82) is 0 Å². The minimum absolute atomic E-state index is 0. The van der Waals surface area contributed by atoms with Crippen molar-refractivity contribution < 1.29 is 0 Å². The van der Waals surface area contributed by atoms with Crippen LogP contribution in [-0.2, 0) is 13.1 Å². The maximum Gasteiger partial charge on any atom is 0.265 e. The van der Waals surface area contributed by atoms with Gasteiger partial charge in [0.2, 0.25) is 0 Å². The van der Waals surface area contributed by atoms with Gasteiger partial charge in [-0.1, -0.05) is 0 Å². The number of nitrogens with one attached hydrogen (secondary N) is 1. The lowest BCUT2D eigenvalue weighted by Crippen LogP contribution is -2.35. The maximum atomic E-state index is 11.5. The van der Waals surface area contributed by atoms with Gasteiger partial charge in [-0.2, -0.15) is 0 Å². The molecule has 0 amide bonds. The molecule has 2 rings (SSSR count). The Morgan fingerprint density at radius 1 is 1.46 bits per heavy atom. The Labute approximate surface area is 90.7 Å². The number of rotatable bonds is 0. The molecule has 0 spiro atoms. The summed E-state index contributed by atoms with van der Waals surface area (Å²) in [5.41, 5.74) is 1.14. The molecule has 1 aromatic rings. The quantitative estimate of drug-likeness (QED) is 0.763. The lowest BCUT2D eigenvalue weighted by molar-refractivity contribution is 0.497. The molecule has 1 aliphatic heterocycles. The molecule has 0 aromatic carbocycles. The van der Waals surface area contributed by atoms with Crippen LogP contribution in [0.4, 0.5) is 0 Å². The first-order chi connectivity index (χ1) is 5.79. The van der Waals surface area contributed by atoms with Crippen molar-refractivity contribution >= 4 is 28.3 Å².